The van der Waals surface area contributed by atoms with E-state index in [0.717, 1.165) is 29.0 Å². The van der Waals surface area contributed by atoms with Gasteiger partial charge >= 0.3 is 0 Å². The minimum atomic E-state index is 0.701. The Kier molecular flexibility index (Phi) is 4.97. The molecule has 0 saturated carbocycles. The Bertz CT molecular complexity index is 542. The lowest BCUT2D eigenvalue weighted by atomic mass is 10.4. The van der Waals surface area contributed by atoms with E-state index in [9.17, 15) is 0 Å². The molecule has 0 saturated heterocycles. The van der Waals surface area contributed by atoms with E-state index < -0.39 is 0 Å². The zero-order valence-electron chi connectivity index (χ0n) is 11.0. The predicted molar refractivity (Wildman–Crippen MR) is 75.5 cm³/mol. The zero-order chi connectivity index (χ0) is 13.7. The molecule has 2 heterocycles. The quantitative estimate of drug-likeness (QED) is 0.490. The number of aromatic nitrogens is 6. The average molecular weight is 297 g/mol. The Hall–Kier alpha value is -1.35. The summed E-state index contributed by atoms with van der Waals surface area (Å²) in [4.78, 5) is 8.85. The van der Waals surface area contributed by atoms with Crippen molar-refractivity contribution in [3.63, 3.8) is 0 Å². The van der Waals surface area contributed by atoms with Crippen LogP contribution in [0.25, 0.3) is 0 Å². The van der Waals surface area contributed by atoms with Crippen molar-refractivity contribution in [2.75, 3.05) is 18.1 Å². The van der Waals surface area contributed by atoms with Crippen molar-refractivity contribution in [2.24, 2.45) is 7.05 Å². The van der Waals surface area contributed by atoms with Crippen LogP contribution < -0.4 is 5.32 Å². The molecular formula is C10H15N7S2. The molecule has 0 fully saturated rings. The highest BCUT2D eigenvalue weighted by Gasteiger charge is 2.09. The first-order valence-electron chi connectivity index (χ1n) is 5.80. The third-order valence-electron chi connectivity index (χ3n) is 2.20. The highest BCUT2D eigenvalue weighted by molar-refractivity contribution is 7.99. The van der Waals surface area contributed by atoms with Crippen molar-refractivity contribution in [3.8, 4) is 0 Å². The van der Waals surface area contributed by atoms with Crippen LogP contribution in [0.3, 0.4) is 0 Å². The van der Waals surface area contributed by atoms with Crippen LogP contribution in [0.1, 0.15) is 13.3 Å². The van der Waals surface area contributed by atoms with Gasteiger partial charge in [0.1, 0.15) is 10.8 Å². The van der Waals surface area contributed by atoms with Crippen LogP contribution in [0.4, 0.5) is 5.82 Å². The summed E-state index contributed by atoms with van der Waals surface area (Å²) in [7, 11) is 1.80. The van der Waals surface area contributed by atoms with E-state index >= 15 is 0 Å². The summed E-state index contributed by atoms with van der Waals surface area (Å²) >= 11 is 2.93. The second kappa shape index (κ2) is 6.71. The number of thioether (sulfide) groups is 1. The van der Waals surface area contributed by atoms with Crippen molar-refractivity contribution in [1.82, 2.24) is 30.2 Å². The summed E-state index contributed by atoms with van der Waals surface area (Å²) in [6, 6.07) is 1.91. The van der Waals surface area contributed by atoms with Crippen molar-refractivity contribution in [3.05, 3.63) is 6.07 Å². The monoisotopic (exact) mass is 297 g/mol. The Labute approximate surface area is 120 Å². The maximum Gasteiger partial charge on any atom is 0.215 e. The average Bonchev–Trinajstić information content (AvgIpc) is 2.81. The summed E-state index contributed by atoms with van der Waals surface area (Å²) in [5, 5.41) is 16.9. The molecule has 19 heavy (non-hydrogen) atoms. The van der Waals surface area contributed by atoms with Crippen molar-refractivity contribution in [1.29, 1.82) is 0 Å². The fraction of sp³-hybridized carbons (Fsp3) is 0.500. The molecule has 0 bridgehead atoms. The lowest BCUT2D eigenvalue weighted by Gasteiger charge is -2.07. The standard InChI is InChI=1S/C10H15N7S2/c1-4-5-11-7-6-8(13-9(12-7)18-3)19-10-14-15-16-17(10)2/h6H,4-5H2,1-3H3,(H,11,12,13). The number of hydrogen-bond donors (Lipinski definition) is 1. The molecular weight excluding hydrogens is 282 g/mol. The molecule has 0 aliphatic heterocycles. The molecule has 0 radical (unpaired) electrons. The molecule has 102 valence electrons. The summed E-state index contributed by atoms with van der Waals surface area (Å²) < 4.78 is 1.62. The van der Waals surface area contributed by atoms with Gasteiger partial charge in [0, 0.05) is 19.7 Å². The topological polar surface area (TPSA) is 81.4 Å². The third kappa shape index (κ3) is 3.80. The fourth-order valence-electron chi connectivity index (χ4n) is 1.29. The van der Waals surface area contributed by atoms with Gasteiger partial charge in [0.15, 0.2) is 5.16 Å². The molecule has 0 atom stereocenters. The van der Waals surface area contributed by atoms with Crippen LogP contribution in [0.5, 0.6) is 0 Å². The Balaban J connectivity index is 2.21. The lowest BCUT2D eigenvalue weighted by molar-refractivity contribution is 0.664. The highest BCUT2D eigenvalue weighted by Crippen LogP contribution is 2.26. The number of rotatable bonds is 6. The molecule has 9 heteroatoms. The van der Waals surface area contributed by atoms with Gasteiger partial charge in [0.05, 0.1) is 0 Å². The van der Waals surface area contributed by atoms with Crippen LogP contribution in [-0.4, -0.2) is 43.0 Å². The van der Waals surface area contributed by atoms with Crippen molar-refractivity contribution in [2.45, 2.75) is 28.7 Å². The first-order chi connectivity index (χ1) is 9.22. The van der Waals surface area contributed by atoms with Crippen LogP contribution >= 0.6 is 23.5 Å². The molecule has 0 aliphatic carbocycles. The minimum absolute atomic E-state index is 0.701. The van der Waals surface area contributed by atoms with Crippen LogP contribution in [0.15, 0.2) is 21.4 Å². The Morgan fingerprint density at radius 2 is 2.21 bits per heavy atom. The van der Waals surface area contributed by atoms with Gasteiger partial charge in [-0.25, -0.2) is 14.6 Å². The molecule has 7 nitrogen and oxygen atoms in total. The molecule has 2 rings (SSSR count). The zero-order valence-corrected chi connectivity index (χ0v) is 12.6. The summed E-state index contributed by atoms with van der Waals surface area (Å²) in [5.41, 5.74) is 0. The van der Waals surface area contributed by atoms with Crippen LogP contribution in [0.2, 0.25) is 0 Å². The van der Waals surface area contributed by atoms with Crippen molar-refractivity contribution >= 4 is 29.3 Å². The molecule has 2 aromatic rings. The number of anilines is 1. The smallest absolute Gasteiger partial charge is 0.215 e. The second-order valence-corrected chi connectivity index (χ2v) is 5.45. The summed E-state index contributed by atoms with van der Waals surface area (Å²) in [6.07, 6.45) is 3.01. The van der Waals surface area contributed by atoms with Crippen molar-refractivity contribution < 1.29 is 0 Å². The SMILES string of the molecule is CCCNc1cc(Sc2nnnn2C)nc(SC)n1. The molecule has 0 amide bonds. The number of nitrogens with zero attached hydrogens (tertiary/aromatic N) is 6. The van der Waals surface area contributed by atoms with E-state index in [-0.39, 0.29) is 0 Å². The first-order valence-corrected chi connectivity index (χ1v) is 7.84. The minimum Gasteiger partial charge on any atom is -0.370 e. The van der Waals surface area contributed by atoms with Crippen LogP contribution in [-0.2, 0) is 7.05 Å². The molecule has 0 aromatic carbocycles. The van der Waals surface area contributed by atoms with E-state index in [2.05, 4.69) is 37.7 Å². The number of aryl methyl sites for hydroxylation is 1. The Morgan fingerprint density at radius 3 is 2.84 bits per heavy atom. The highest BCUT2D eigenvalue weighted by atomic mass is 32.2. The summed E-state index contributed by atoms with van der Waals surface area (Å²) in [5.74, 6) is 0.832. The Morgan fingerprint density at radius 1 is 1.37 bits per heavy atom. The maximum atomic E-state index is 4.44. The van der Waals surface area contributed by atoms with Gasteiger partial charge in [-0.15, -0.1) is 5.10 Å². The van der Waals surface area contributed by atoms with Gasteiger partial charge in [-0.1, -0.05) is 18.7 Å². The molecule has 0 spiro atoms. The fourth-order valence-corrected chi connectivity index (χ4v) is 2.46. The van der Waals surface area contributed by atoms with E-state index in [1.807, 2.05) is 12.3 Å². The van der Waals surface area contributed by atoms with Gasteiger partial charge in [-0.2, -0.15) is 0 Å². The lowest BCUT2D eigenvalue weighted by Crippen LogP contribution is -2.04. The second-order valence-electron chi connectivity index (χ2n) is 3.69. The molecule has 1 N–H and O–H groups in total. The van der Waals surface area contributed by atoms with E-state index in [0.29, 0.717) is 5.16 Å². The van der Waals surface area contributed by atoms with Gasteiger partial charge in [-0.05, 0) is 34.9 Å². The summed E-state index contributed by atoms with van der Waals surface area (Å²) in [6.45, 7) is 3.00. The first kappa shape index (κ1) is 14.1. The third-order valence-corrected chi connectivity index (χ3v) is 3.69. The van der Waals surface area contributed by atoms with E-state index in [1.54, 1.807) is 11.7 Å². The normalized spacial score (nSPS) is 10.7. The van der Waals surface area contributed by atoms with Crippen LogP contribution in [0, 0.1) is 0 Å². The van der Waals surface area contributed by atoms with Gasteiger partial charge in [0.25, 0.3) is 0 Å². The van der Waals surface area contributed by atoms with Gasteiger partial charge in [-0.3, -0.25) is 0 Å². The maximum absolute atomic E-state index is 4.44. The number of hydrogen-bond acceptors (Lipinski definition) is 8. The van der Waals surface area contributed by atoms with Gasteiger partial charge in [0.2, 0.25) is 5.16 Å². The van der Waals surface area contributed by atoms with E-state index in [1.165, 1.54) is 23.5 Å². The molecule has 2 aromatic heterocycles. The number of tetrazole rings is 1. The molecule has 0 aliphatic rings. The molecule has 0 unspecified atom stereocenters. The predicted octanol–water partition coefficient (Wildman–Crippen LogP) is 1.70. The number of nitrogens with one attached hydrogen (secondary N) is 1. The largest absolute Gasteiger partial charge is 0.370 e. The van der Waals surface area contributed by atoms with E-state index in [4.69, 9.17) is 0 Å². The van der Waals surface area contributed by atoms with Gasteiger partial charge < -0.3 is 5.32 Å².